The number of carbonyl (C=O) groups excluding carboxylic acids is 1. The summed E-state index contributed by atoms with van der Waals surface area (Å²) < 4.78 is 9.82. The van der Waals surface area contributed by atoms with Crippen LogP contribution in [0.3, 0.4) is 0 Å². The van der Waals surface area contributed by atoms with Crippen LogP contribution in [0.1, 0.15) is 84.0 Å². The van der Waals surface area contributed by atoms with Crippen LogP contribution in [0, 0.1) is 0 Å². The third-order valence-corrected chi connectivity index (χ3v) is 6.37. The number of thioether (sulfide) groups is 1. The van der Waals surface area contributed by atoms with E-state index in [-0.39, 0.29) is 23.4 Å². The lowest BCUT2D eigenvalue weighted by Crippen LogP contribution is -2.08. The quantitative estimate of drug-likeness (QED) is 0.124. The highest BCUT2D eigenvalue weighted by atomic mass is 32.2. The third-order valence-electron chi connectivity index (χ3n) is 5.16. The minimum atomic E-state index is -0.596. The molecular weight excluding hydrogens is 444 g/mol. The lowest BCUT2D eigenvalue weighted by Gasteiger charge is -2.15. The van der Waals surface area contributed by atoms with Crippen LogP contribution in [0.2, 0.25) is 0 Å². The molecular formula is C29H42O4S. The van der Waals surface area contributed by atoms with E-state index < -0.39 is 5.97 Å². The van der Waals surface area contributed by atoms with Gasteiger partial charge < -0.3 is 14.6 Å². The number of phenols is 1. The van der Waals surface area contributed by atoms with Crippen molar-refractivity contribution in [2.75, 3.05) is 13.9 Å². The summed E-state index contributed by atoms with van der Waals surface area (Å²) in [6.45, 7) is 12.7. The number of allylic oxidation sites excluding steroid dienone is 7. The molecule has 0 saturated heterocycles. The van der Waals surface area contributed by atoms with Gasteiger partial charge in [-0.15, -0.1) is 11.8 Å². The van der Waals surface area contributed by atoms with Gasteiger partial charge in [0.05, 0.1) is 4.90 Å². The van der Waals surface area contributed by atoms with Crippen molar-refractivity contribution in [3.05, 3.63) is 70.4 Å². The summed E-state index contributed by atoms with van der Waals surface area (Å²) in [5.74, 6) is -0.639. The molecule has 0 aliphatic rings. The van der Waals surface area contributed by atoms with Gasteiger partial charge in [-0.3, -0.25) is 0 Å². The van der Waals surface area contributed by atoms with Crippen LogP contribution in [0.15, 0.2) is 69.7 Å². The van der Waals surface area contributed by atoms with Crippen molar-refractivity contribution in [2.45, 2.75) is 83.8 Å². The Morgan fingerprint density at radius 2 is 1.59 bits per heavy atom. The SMILES string of the molecule is COCOC(=O)c1cccc(SC(/C=C(\C)CCC=C(C)C)C/C=C(\C)CCC=C(C)C)c1O. The minimum Gasteiger partial charge on any atom is -0.506 e. The second kappa shape index (κ2) is 16.4. The van der Waals surface area contributed by atoms with Crippen molar-refractivity contribution in [1.29, 1.82) is 0 Å². The molecule has 0 aliphatic carbocycles. The van der Waals surface area contributed by atoms with Gasteiger partial charge in [-0.25, -0.2) is 4.79 Å². The second-order valence-electron chi connectivity index (χ2n) is 9.09. The number of para-hydroxylation sites is 1. The third kappa shape index (κ3) is 12.3. The van der Waals surface area contributed by atoms with Crippen LogP contribution < -0.4 is 0 Å². The molecule has 0 fully saturated rings. The van der Waals surface area contributed by atoms with Crippen LogP contribution in [0.5, 0.6) is 5.75 Å². The number of esters is 1. The molecule has 0 aromatic heterocycles. The highest BCUT2D eigenvalue weighted by Gasteiger charge is 2.18. The number of benzene rings is 1. The van der Waals surface area contributed by atoms with Crippen molar-refractivity contribution in [3.63, 3.8) is 0 Å². The zero-order chi connectivity index (χ0) is 25.5. The summed E-state index contributed by atoms with van der Waals surface area (Å²) in [7, 11) is 1.45. The van der Waals surface area contributed by atoms with Gasteiger partial charge in [0.25, 0.3) is 0 Å². The fraction of sp³-hybridized carbons (Fsp3) is 0.483. The Kier molecular flexibility index (Phi) is 14.4. The van der Waals surface area contributed by atoms with E-state index >= 15 is 0 Å². The van der Waals surface area contributed by atoms with E-state index in [9.17, 15) is 9.90 Å². The van der Waals surface area contributed by atoms with Gasteiger partial charge in [0, 0.05) is 12.4 Å². The first kappa shape index (κ1) is 29.8. The topological polar surface area (TPSA) is 55.8 Å². The molecule has 34 heavy (non-hydrogen) atoms. The highest BCUT2D eigenvalue weighted by Crippen LogP contribution is 2.37. The van der Waals surface area contributed by atoms with E-state index in [4.69, 9.17) is 9.47 Å². The molecule has 0 bridgehead atoms. The molecule has 1 aromatic rings. The average Bonchev–Trinajstić information content (AvgIpc) is 2.76. The van der Waals surface area contributed by atoms with Gasteiger partial charge in [0.1, 0.15) is 11.3 Å². The molecule has 0 heterocycles. The lowest BCUT2D eigenvalue weighted by atomic mass is 10.1. The van der Waals surface area contributed by atoms with E-state index in [0.29, 0.717) is 4.90 Å². The van der Waals surface area contributed by atoms with Gasteiger partial charge in [-0.05, 0) is 85.8 Å². The van der Waals surface area contributed by atoms with E-state index in [0.717, 1.165) is 32.1 Å². The Hall–Kier alpha value is -2.24. The largest absolute Gasteiger partial charge is 0.506 e. The van der Waals surface area contributed by atoms with Gasteiger partial charge in [0.15, 0.2) is 6.79 Å². The Morgan fingerprint density at radius 3 is 2.18 bits per heavy atom. The number of hydrogen-bond donors (Lipinski definition) is 1. The molecule has 0 radical (unpaired) electrons. The van der Waals surface area contributed by atoms with E-state index in [1.54, 1.807) is 23.9 Å². The smallest absolute Gasteiger partial charge is 0.344 e. The maximum atomic E-state index is 12.3. The summed E-state index contributed by atoms with van der Waals surface area (Å²) in [6, 6.07) is 5.19. The maximum absolute atomic E-state index is 12.3. The molecule has 188 valence electrons. The van der Waals surface area contributed by atoms with Crippen LogP contribution in [-0.4, -0.2) is 30.2 Å². The van der Waals surface area contributed by atoms with Gasteiger partial charge in [-0.1, -0.05) is 52.7 Å². The fourth-order valence-electron chi connectivity index (χ4n) is 3.28. The molecule has 1 unspecified atom stereocenters. The average molecular weight is 487 g/mol. The van der Waals surface area contributed by atoms with Crippen LogP contribution >= 0.6 is 11.8 Å². The Bertz CT molecular complexity index is 901. The Morgan fingerprint density at radius 1 is 0.971 bits per heavy atom. The van der Waals surface area contributed by atoms with Crippen LogP contribution in [-0.2, 0) is 9.47 Å². The molecule has 0 amide bonds. The van der Waals surface area contributed by atoms with E-state index in [2.05, 4.69) is 65.8 Å². The number of aromatic hydroxyl groups is 1. The first-order valence-corrected chi connectivity index (χ1v) is 12.8. The molecule has 1 aromatic carbocycles. The molecule has 1 atom stereocenters. The van der Waals surface area contributed by atoms with E-state index in [1.165, 1.54) is 29.4 Å². The zero-order valence-electron chi connectivity index (χ0n) is 21.9. The second-order valence-corrected chi connectivity index (χ2v) is 10.4. The highest BCUT2D eigenvalue weighted by molar-refractivity contribution is 8.00. The normalized spacial score (nSPS) is 12.8. The number of rotatable bonds is 14. The monoisotopic (exact) mass is 486 g/mol. The van der Waals surface area contributed by atoms with Crippen LogP contribution in [0.25, 0.3) is 0 Å². The lowest BCUT2D eigenvalue weighted by molar-refractivity contribution is -0.0127. The predicted octanol–water partition coefficient (Wildman–Crippen LogP) is 8.39. The number of carbonyl (C=O) groups is 1. The molecule has 4 nitrogen and oxygen atoms in total. The Labute approximate surface area is 210 Å². The molecule has 0 spiro atoms. The minimum absolute atomic E-state index is 0.0431. The van der Waals surface area contributed by atoms with Gasteiger partial charge in [0.2, 0.25) is 0 Å². The number of methoxy groups -OCH3 is 1. The van der Waals surface area contributed by atoms with Gasteiger partial charge >= 0.3 is 5.97 Å². The number of phenolic OH excluding ortho intramolecular Hbond substituents is 1. The summed E-state index contributed by atoms with van der Waals surface area (Å²) in [5.41, 5.74) is 5.50. The molecule has 0 aliphatic heterocycles. The first-order chi connectivity index (χ1) is 16.1. The van der Waals surface area contributed by atoms with Crippen molar-refractivity contribution >= 4 is 17.7 Å². The Balaban J connectivity index is 3.07. The number of hydrogen-bond acceptors (Lipinski definition) is 5. The van der Waals surface area contributed by atoms with Gasteiger partial charge in [-0.2, -0.15) is 0 Å². The molecule has 1 rings (SSSR count). The standard InChI is InChI=1S/C29H42O4S/c1-21(2)11-8-13-23(5)17-18-25(19-24(6)14-9-12-22(3)4)34-27-16-10-15-26(28(27)30)29(31)33-20-32-7/h10-12,15-17,19,25,30H,8-9,13-14,18,20H2,1-7H3/b23-17+,24-19+. The number of ether oxygens (including phenoxy) is 2. The zero-order valence-corrected chi connectivity index (χ0v) is 22.8. The molecule has 0 saturated carbocycles. The molecule has 1 N–H and O–H groups in total. The van der Waals surface area contributed by atoms with Crippen molar-refractivity contribution in [2.24, 2.45) is 0 Å². The summed E-state index contributed by atoms with van der Waals surface area (Å²) in [6.07, 6.45) is 14.1. The first-order valence-electron chi connectivity index (χ1n) is 11.9. The van der Waals surface area contributed by atoms with Crippen molar-refractivity contribution < 1.29 is 19.4 Å². The fourth-order valence-corrected chi connectivity index (χ4v) is 4.48. The summed E-state index contributed by atoms with van der Waals surface area (Å²) in [4.78, 5) is 12.9. The maximum Gasteiger partial charge on any atom is 0.344 e. The van der Waals surface area contributed by atoms with E-state index in [1.807, 2.05) is 6.07 Å². The molecule has 5 heteroatoms. The van der Waals surface area contributed by atoms with Crippen LogP contribution in [0.4, 0.5) is 0 Å². The van der Waals surface area contributed by atoms with Crippen molar-refractivity contribution in [3.8, 4) is 5.75 Å². The summed E-state index contributed by atoms with van der Waals surface area (Å²) >= 11 is 1.57. The van der Waals surface area contributed by atoms with Crippen molar-refractivity contribution in [1.82, 2.24) is 0 Å². The predicted molar refractivity (Wildman–Crippen MR) is 145 cm³/mol. The summed E-state index contributed by atoms with van der Waals surface area (Å²) in [5, 5.41) is 10.9.